The summed E-state index contributed by atoms with van der Waals surface area (Å²) in [6.45, 7) is 0. The first kappa shape index (κ1) is 14.0. The van der Waals surface area contributed by atoms with Crippen molar-refractivity contribution >= 4 is 17.4 Å². The second kappa shape index (κ2) is 5.09. The summed E-state index contributed by atoms with van der Waals surface area (Å²) < 4.78 is 0. The number of anilines is 1. The number of allylic oxidation sites excluding steroid dienone is 1. The Morgan fingerprint density at radius 3 is 2.73 bits per heavy atom. The van der Waals surface area contributed by atoms with Crippen molar-refractivity contribution < 1.29 is 0 Å². The molecule has 3 rings (SSSR count). The average Bonchev–Trinajstić information content (AvgIpc) is 2.45. The van der Waals surface area contributed by atoms with Crippen LogP contribution >= 0.6 is 11.6 Å². The third-order valence-electron chi connectivity index (χ3n) is 3.41. The molecular weight excluding hydrogens is 306 g/mol. The Bertz CT molecular complexity index is 951. The van der Waals surface area contributed by atoms with E-state index in [2.05, 4.69) is 15.3 Å². The zero-order valence-corrected chi connectivity index (χ0v) is 11.9. The lowest BCUT2D eigenvalue weighted by Gasteiger charge is -2.26. The number of nitrogens with one attached hydrogen (secondary N) is 3. The van der Waals surface area contributed by atoms with Gasteiger partial charge in [0.1, 0.15) is 11.6 Å². The Morgan fingerprint density at radius 1 is 1.27 bits per heavy atom. The standard InChI is InChI=1S/C14H10ClN5O2/c15-7-3-1-2-6(4-7)9-8(5-16)11(17)18-12-10(9)13(21)20-14(22)19-12/h1-4,9H,17H2,(H3,18,19,20,21,22). The molecule has 0 spiro atoms. The van der Waals surface area contributed by atoms with Crippen molar-refractivity contribution in [2.45, 2.75) is 5.92 Å². The van der Waals surface area contributed by atoms with Gasteiger partial charge in [0, 0.05) is 5.02 Å². The van der Waals surface area contributed by atoms with Crippen molar-refractivity contribution in [3.05, 3.63) is 72.6 Å². The number of nitrogens with zero attached hydrogens (tertiary/aromatic N) is 1. The van der Waals surface area contributed by atoms with Gasteiger partial charge < -0.3 is 11.1 Å². The molecule has 1 unspecified atom stereocenters. The molecule has 8 heteroatoms. The van der Waals surface area contributed by atoms with E-state index in [-0.39, 0.29) is 22.8 Å². The third-order valence-corrected chi connectivity index (χ3v) is 3.64. The minimum atomic E-state index is -0.708. The molecule has 0 amide bonds. The van der Waals surface area contributed by atoms with E-state index >= 15 is 0 Å². The lowest BCUT2D eigenvalue weighted by molar-refractivity contribution is 0.865. The van der Waals surface area contributed by atoms with Gasteiger partial charge in [-0.05, 0) is 17.7 Å². The number of benzene rings is 1. The lowest BCUT2D eigenvalue weighted by atomic mass is 9.84. The predicted molar refractivity (Wildman–Crippen MR) is 81.4 cm³/mol. The molecule has 0 aliphatic carbocycles. The normalized spacial score (nSPS) is 16.6. The maximum Gasteiger partial charge on any atom is 0.327 e. The molecule has 1 aromatic heterocycles. The van der Waals surface area contributed by atoms with Crippen molar-refractivity contribution in [1.82, 2.24) is 9.97 Å². The van der Waals surface area contributed by atoms with Gasteiger partial charge >= 0.3 is 5.69 Å². The van der Waals surface area contributed by atoms with Crippen LogP contribution in [0.2, 0.25) is 5.02 Å². The molecule has 7 nitrogen and oxygen atoms in total. The average molecular weight is 316 g/mol. The highest BCUT2D eigenvalue weighted by Gasteiger charge is 2.32. The van der Waals surface area contributed by atoms with E-state index in [1.165, 1.54) is 0 Å². The molecule has 1 aliphatic rings. The van der Waals surface area contributed by atoms with Gasteiger partial charge in [-0.1, -0.05) is 23.7 Å². The summed E-state index contributed by atoms with van der Waals surface area (Å²) in [7, 11) is 0. The van der Waals surface area contributed by atoms with Crippen molar-refractivity contribution in [2.24, 2.45) is 5.73 Å². The number of fused-ring (bicyclic) bond motifs is 1. The molecule has 0 fully saturated rings. The molecule has 1 atom stereocenters. The Morgan fingerprint density at radius 2 is 2.05 bits per heavy atom. The van der Waals surface area contributed by atoms with E-state index < -0.39 is 17.2 Å². The number of hydrogen-bond donors (Lipinski definition) is 4. The van der Waals surface area contributed by atoms with Crippen LogP contribution in [0.15, 0.2) is 45.2 Å². The van der Waals surface area contributed by atoms with E-state index in [1.807, 2.05) is 6.07 Å². The highest BCUT2D eigenvalue weighted by Crippen LogP contribution is 2.37. The largest absolute Gasteiger partial charge is 0.384 e. The zero-order chi connectivity index (χ0) is 15.9. The van der Waals surface area contributed by atoms with Crippen LogP contribution in [0.4, 0.5) is 5.82 Å². The van der Waals surface area contributed by atoms with Gasteiger partial charge in [0.25, 0.3) is 5.56 Å². The molecule has 22 heavy (non-hydrogen) atoms. The van der Waals surface area contributed by atoms with Gasteiger partial charge in [0.2, 0.25) is 0 Å². The van der Waals surface area contributed by atoms with Crippen LogP contribution < -0.4 is 22.3 Å². The van der Waals surface area contributed by atoms with Gasteiger partial charge in [-0.3, -0.25) is 14.8 Å². The van der Waals surface area contributed by atoms with Crippen molar-refractivity contribution in [3.63, 3.8) is 0 Å². The van der Waals surface area contributed by atoms with Crippen molar-refractivity contribution in [2.75, 3.05) is 5.32 Å². The number of nitriles is 1. The zero-order valence-electron chi connectivity index (χ0n) is 11.1. The maximum absolute atomic E-state index is 12.2. The van der Waals surface area contributed by atoms with Crippen LogP contribution in [0.25, 0.3) is 0 Å². The van der Waals surface area contributed by atoms with Gasteiger partial charge in [0.05, 0.1) is 23.1 Å². The molecule has 0 saturated carbocycles. The second-order valence-corrected chi connectivity index (χ2v) is 5.19. The number of aromatic amines is 2. The summed E-state index contributed by atoms with van der Waals surface area (Å²) >= 11 is 5.99. The molecule has 0 saturated heterocycles. The summed E-state index contributed by atoms with van der Waals surface area (Å²) in [5.74, 6) is -0.447. The lowest BCUT2D eigenvalue weighted by Crippen LogP contribution is -2.34. The Hall–Kier alpha value is -2.98. The van der Waals surface area contributed by atoms with Crippen molar-refractivity contribution in [3.8, 4) is 6.07 Å². The maximum atomic E-state index is 12.2. The van der Waals surface area contributed by atoms with Crippen LogP contribution in [-0.2, 0) is 0 Å². The molecule has 2 heterocycles. The summed E-state index contributed by atoms with van der Waals surface area (Å²) in [6.07, 6.45) is 0. The third kappa shape index (κ3) is 2.16. The van der Waals surface area contributed by atoms with Crippen LogP contribution in [0, 0.1) is 11.3 Å². The minimum absolute atomic E-state index is 0.0845. The van der Waals surface area contributed by atoms with Gasteiger partial charge in [-0.15, -0.1) is 0 Å². The fourth-order valence-corrected chi connectivity index (χ4v) is 2.71. The summed E-state index contributed by atoms with van der Waals surface area (Å²) in [4.78, 5) is 28.3. The van der Waals surface area contributed by atoms with E-state index in [0.717, 1.165) is 0 Å². The number of halogens is 1. The topological polar surface area (TPSA) is 128 Å². The highest BCUT2D eigenvalue weighted by molar-refractivity contribution is 6.30. The van der Waals surface area contributed by atoms with E-state index in [9.17, 15) is 14.9 Å². The van der Waals surface area contributed by atoms with Gasteiger partial charge in [-0.25, -0.2) is 4.79 Å². The molecule has 1 aliphatic heterocycles. The Labute approximate surface area is 129 Å². The SMILES string of the molecule is N#CC1=C(N)Nc2[nH]c(=O)[nH]c(=O)c2C1c1cccc(Cl)c1. The van der Waals surface area contributed by atoms with Gasteiger partial charge in [0.15, 0.2) is 0 Å². The Kier molecular flexibility index (Phi) is 3.23. The summed E-state index contributed by atoms with van der Waals surface area (Å²) in [5.41, 5.74) is 5.64. The molecule has 110 valence electrons. The van der Waals surface area contributed by atoms with Crippen LogP contribution in [0.1, 0.15) is 17.0 Å². The second-order valence-electron chi connectivity index (χ2n) is 4.75. The first-order valence-electron chi connectivity index (χ1n) is 6.30. The van der Waals surface area contributed by atoms with Gasteiger partial charge in [-0.2, -0.15) is 5.26 Å². The smallest absolute Gasteiger partial charge is 0.327 e. The molecule has 2 aromatic rings. The van der Waals surface area contributed by atoms with E-state index in [1.54, 1.807) is 24.3 Å². The molecular formula is C14H10ClN5O2. The number of rotatable bonds is 1. The first-order valence-corrected chi connectivity index (χ1v) is 6.67. The predicted octanol–water partition coefficient (Wildman–Crippen LogP) is 0.968. The van der Waals surface area contributed by atoms with E-state index in [0.29, 0.717) is 10.6 Å². The molecule has 5 N–H and O–H groups in total. The highest BCUT2D eigenvalue weighted by atomic mass is 35.5. The van der Waals surface area contributed by atoms with Crippen LogP contribution in [-0.4, -0.2) is 9.97 Å². The fourth-order valence-electron chi connectivity index (χ4n) is 2.52. The Balaban J connectivity index is 2.34. The number of hydrogen-bond acceptors (Lipinski definition) is 5. The minimum Gasteiger partial charge on any atom is -0.384 e. The number of aromatic nitrogens is 2. The summed E-state index contributed by atoms with van der Waals surface area (Å²) in [5, 5.41) is 12.5. The first-order chi connectivity index (χ1) is 10.5. The number of H-pyrrole nitrogens is 2. The molecule has 0 radical (unpaired) electrons. The van der Waals surface area contributed by atoms with Crippen molar-refractivity contribution in [1.29, 1.82) is 5.26 Å². The molecule has 0 bridgehead atoms. The summed E-state index contributed by atoms with van der Waals surface area (Å²) in [6, 6.07) is 8.79. The van der Waals surface area contributed by atoms with E-state index in [4.69, 9.17) is 17.3 Å². The quantitative estimate of drug-likeness (QED) is 0.623. The molecule has 1 aromatic carbocycles. The number of nitrogens with two attached hydrogens (primary N) is 1. The monoisotopic (exact) mass is 315 g/mol. The fraction of sp³-hybridized carbons (Fsp3) is 0.0714. The van der Waals surface area contributed by atoms with Crippen LogP contribution in [0.3, 0.4) is 0 Å². The van der Waals surface area contributed by atoms with Crippen LogP contribution in [0.5, 0.6) is 0 Å².